The van der Waals surface area contributed by atoms with E-state index in [2.05, 4.69) is 15.6 Å². The predicted octanol–water partition coefficient (Wildman–Crippen LogP) is 4.14. The molecule has 8 heteroatoms. The Balaban J connectivity index is 1.92. The summed E-state index contributed by atoms with van der Waals surface area (Å²) in [6.07, 6.45) is 2.26. The van der Waals surface area contributed by atoms with Crippen LogP contribution in [0.3, 0.4) is 0 Å². The Kier molecular flexibility index (Phi) is 6.43. The van der Waals surface area contributed by atoms with E-state index in [0.717, 1.165) is 10.4 Å². The van der Waals surface area contributed by atoms with E-state index in [1.165, 1.54) is 11.3 Å². The van der Waals surface area contributed by atoms with Gasteiger partial charge < -0.3 is 10.6 Å². The average Bonchev–Trinajstić information content (AvgIpc) is 2.94. The molecule has 1 aromatic heterocycles. The summed E-state index contributed by atoms with van der Waals surface area (Å²) in [4.78, 5) is 28.8. The minimum atomic E-state index is -0.537. The number of amides is 2. The summed E-state index contributed by atoms with van der Waals surface area (Å²) in [6.45, 7) is 5.27. The van der Waals surface area contributed by atoms with E-state index in [9.17, 15) is 9.59 Å². The highest BCUT2D eigenvalue weighted by atomic mass is 35.5. The molecule has 2 rings (SSSR count). The SMILES string of the molecule is CC(C)(C)C(=O)NCC(=O)Nc1ncc(Cc2cc(Cl)ccc2Cl)s1. The molecule has 0 fully saturated rings. The van der Waals surface area contributed by atoms with Crippen LogP contribution >= 0.6 is 34.5 Å². The van der Waals surface area contributed by atoms with Gasteiger partial charge in [0.2, 0.25) is 11.8 Å². The first-order chi connectivity index (χ1) is 11.6. The molecule has 1 heterocycles. The third-order valence-corrected chi connectivity index (χ3v) is 4.78. The van der Waals surface area contributed by atoms with Gasteiger partial charge in [-0.15, -0.1) is 11.3 Å². The zero-order valence-electron chi connectivity index (χ0n) is 14.2. The first kappa shape index (κ1) is 19.7. The van der Waals surface area contributed by atoms with Crippen LogP contribution in [-0.2, 0) is 16.0 Å². The van der Waals surface area contributed by atoms with Crippen LogP contribution in [0.4, 0.5) is 5.13 Å². The van der Waals surface area contributed by atoms with E-state index in [-0.39, 0.29) is 18.4 Å². The van der Waals surface area contributed by atoms with Crippen LogP contribution in [0.2, 0.25) is 10.0 Å². The summed E-state index contributed by atoms with van der Waals surface area (Å²) < 4.78 is 0. The fourth-order valence-corrected chi connectivity index (χ4v) is 3.13. The van der Waals surface area contributed by atoms with Crippen LogP contribution in [0, 0.1) is 5.41 Å². The molecule has 2 N–H and O–H groups in total. The Morgan fingerprint density at radius 1 is 1.24 bits per heavy atom. The summed E-state index contributed by atoms with van der Waals surface area (Å²) >= 11 is 13.5. The van der Waals surface area contributed by atoms with Crippen molar-refractivity contribution in [1.82, 2.24) is 10.3 Å². The summed E-state index contributed by atoms with van der Waals surface area (Å²) in [5, 5.41) is 7.00. The molecule has 0 saturated carbocycles. The fourth-order valence-electron chi connectivity index (χ4n) is 1.90. The molecule has 0 aliphatic carbocycles. The lowest BCUT2D eigenvalue weighted by atomic mass is 9.96. The van der Waals surface area contributed by atoms with Crippen LogP contribution in [0.15, 0.2) is 24.4 Å². The van der Waals surface area contributed by atoms with Crippen LogP contribution in [0.5, 0.6) is 0 Å². The number of nitrogens with one attached hydrogen (secondary N) is 2. The molecule has 25 heavy (non-hydrogen) atoms. The topological polar surface area (TPSA) is 71.1 Å². The molecule has 1 aromatic carbocycles. The Labute approximate surface area is 160 Å². The van der Waals surface area contributed by atoms with Gasteiger partial charge in [-0.1, -0.05) is 44.0 Å². The second-order valence-corrected chi connectivity index (χ2v) is 8.48. The summed E-state index contributed by atoms with van der Waals surface area (Å²) in [5.74, 6) is -0.502. The number of thiazole rings is 1. The monoisotopic (exact) mass is 399 g/mol. The van der Waals surface area contributed by atoms with Gasteiger partial charge in [-0.2, -0.15) is 0 Å². The van der Waals surface area contributed by atoms with Crippen LogP contribution in [-0.4, -0.2) is 23.3 Å². The lowest BCUT2D eigenvalue weighted by Crippen LogP contribution is -2.39. The predicted molar refractivity (Wildman–Crippen MR) is 102 cm³/mol. The number of aromatic nitrogens is 1. The fraction of sp³-hybridized carbons (Fsp3) is 0.353. The van der Waals surface area contributed by atoms with Gasteiger partial charge in [0.1, 0.15) is 0 Å². The first-order valence-corrected chi connectivity index (χ1v) is 9.19. The summed E-state index contributed by atoms with van der Waals surface area (Å²) in [7, 11) is 0. The lowest BCUT2D eigenvalue weighted by molar-refractivity contribution is -0.130. The van der Waals surface area contributed by atoms with E-state index in [1.807, 2.05) is 6.07 Å². The van der Waals surface area contributed by atoms with Crippen molar-refractivity contribution in [3.63, 3.8) is 0 Å². The van der Waals surface area contributed by atoms with Crippen molar-refractivity contribution >= 4 is 51.5 Å². The normalized spacial score (nSPS) is 11.2. The number of carbonyl (C=O) groups excluding carboxylic acids is 2. The molecule has 134 valence electrons. The minimum absolute atomic E-state index is 0.0921. The molecule has 0 bridgehead atoms. The van der Waals surface area contributed by atoms with Gasteiger partial charge >= 0.3 is 0 Å². The molecule has 0 aliphatic rings. The average molecular weight is 400 g/mol. The molecule has 0 aliphatic heterocycles. The smallest absolute Gasteiger partial charge is 0.245 e. The highest BCUT2D eigenvalue weighted by Gasteiger charge is 2.21. The first-order valence-electron chi connectivity index (χ1n) is 7.62. The van der Waals surface area contributed by atoms with Crippen LogP contribution in [0.25, 0.3) is 0 Å². The van der Waals surface area contributed by atoms with Crippen molar-refractivity contribution in [2.45, 2.75) is 27.2 Å². The molecule has 0 unspecified atom stereocenters. The van der Waals surface area contributed by atoms with Gasteiger partial charge in [-0.25, -0.2) is 4.98 Å². The zero-order chi connectivity index (χ0) is 18.6. The van der Waals surface area contributed by atoms with Gasteiger partial charge in [-0.3, -0.25) is 9.59 Å². The van der Waals surface area contributed by atoms with Gasteiger partial charge in [0.05, 0.1) is 6.54 Å². The molecule has 2 aromatic rings. The van der Waals surface area contributed by atoms with Gasteiger partial charge in [0.15, 0.2) is 5.13 Å². The zero-order valence-corrected chi connectivity index (χ0v) is 16.5. The quantitative estimate of drug-likeness (QED) is 0.793. The van der Waals surface area contributed by atoms with Crippen molar-refractivity contribution in [1.29, 1.82) is 0 Å². The number of hydrogen-bond donors (Lipinski definition) is 2. The number of anilines is 1. The summed E-state index contributed by atoms with van der Waals surface area (Å²) in [5.41, 5.74) is 0.360. The Bertz CT molecular complexity index is 784. The van der Waals surface area contributed by atoms with Crippen molar-refractivity contribution < 1.29 is 9.59 Å². The maximum Gasteiger partial charge on any atom is 0.245 e. The summed E-state index contributed by atoms with van der Waals surface area (Å²) in [6, 6.07) is 5.29. The highest BCUT2D eigenvalue weighted by Crippen LogP contribution is 2.26. The molecular weight excluding hydrogens is 381 g/mol. The van der Waals surface area contributed by atoms with Crippen molar-refractivity contribution in [2.75, 3.05) is 11.9 Å². The molecule has 5 nitrogen and oxygen atoms in total. The molecule has 2 amide bonds. The molecule has 0 radical (unpaired) electrons. The van der Waals surface area contributed by atoms with E-state index in [1.54, 1.807) is 39.1 Å². The van der Waals surface area contributed by atoms with E-state index in [4.69, 9.17) is 23.2 Å². The number of halogens is 2. The largest absolute Gasteiger partial charge is 0.347 e. The Hall–Kier alpha value is -1.63. The number of carbonyl (C=O) groups is 2. The lowest BCUT2D eigenvalue weighted by Gasteiger charge is -2.17. The molecule has 0 spiro atoms. The number of benzene rings is 1. The third kappa shape index (κ3) is 5.99. The van der Waals surface area contributed by atoms with Gasteiger partial charge in [0.25, 0.3) is 0 Å². The Morgan fingerprint density at radius 3 is 2.64 bits per heavy atom. The van der Waals surface area contributed by atoms with E-state index >= 15 is 0 Å². The number of nitrogens with zero attached hydrogens (tertiary/aromatic N) is 1. The van der Waals surface area contributed by atoms with Crippen molar-refractivity contribution in [2.24, 2.45) is 5.41 Å². The second-order valence-electron chi connectivity index (χ2n) is 6.53. The van der Waals surface area contributed by atoms with Gasteiger partial charge in [-0.05, 0) is 23.8 Å². The highest BCUT2D eigenvalue weighted by molar-refractivity contribution is 7.15. The molecule has 0 atom stereocenters. The van der Waals surface area contributed by atoms with Crippen molar-refractivity contribution in [3.8, 4) is 0 Å². The molecule has 0 saturated heterocycles. The number of rotatable bonds is 5. The maximum atomic E-state index is 11.9. The van der Waals surface area contributed by atoms with Crippen molar-refractivity contribution in [3.05, 3.63) is 44.9 Å². The second kappa shape index (κ2) is 8.17. The Morgan fingerprint density at radius 2 is 1.96 bits per heavy atom. The van der Waals surface area contributed by atoms with Crippen LogP contribution in [0.1, 0.15) is 31.2 Å². The standard InChI is InChI=1S/C17H19Cl2N3O2S/c1-17(2,3)15(24)20-9-14(23)22-16-21-8-12(25-16)7-10-6-11(18)4-5-13(10)19/h4-6,8H,7,9H2,1-3H3,(H,20,24)(H,21,22,23). The van der Waals surface area contributed by atoms with Crippen LogP contribution < -0.4 is 10.6 Å². The number of hydrogen-bond acceptors (Lipinski definition) is 4. The van der Waals surface area contributed by atoms with E-state index in [0.29, 0.717) is 21.6 Å². The third-order valence-electron chi connectivity index (χ3n) is 3.26. The van der Waals surface area contributed by atoms with E-state index < -0.39 is 5.41 Å². The maximum absolute atomic E-state index is 11.9. The minimum Gasteiger partial charge on any atom is -0.347 e. The van der Waals surface area contributed by atoms with Gasteiger partial charge in [0, 0.05) is 33.0 Å². The molecular formula is C17H19Cl2N3O2S.